The zero-order valence-electron chi connectivity index (χ0n) is 12.5. The minimum absolute atomic E-state index is 0.0701. The van der Waals surface area contributed by atoms with E-state index in [0.717, 1.165) is 0 Å². The molecule has 1 aromatic rings. The molecule has 0 aliphatic heterocycles. The Balaban J connectivity index is 2.80. The Morgan fingerprint density at radius 1 is 1.48 bits per heavy atom. The van der Waals surface area contributed by atoms with Crippen molar-refractivity contribution < 1.29 is 18.3 Å². The van der Waals surface area contributed by atoms with Crippen LogP contribution in [0.5, 0.6) is 5.75 Å². The van der Waals surface area contributed by atoms with Gasteiger partial charge in [0.25, 0.3) is 0 Å². The van der Waals surface area contributed by atoms with Gasteiger partial charge in [-0.25, -0.2) is 0 Å². The first kappa shape index (κ1) is 17.4. The molecule has 2 atom stereocenters. The summed E-state index contributed by atoms with van der Waals surface area (Å²) in [7, 11) is 0. The molecule has 4 nitrogen and oxygen atoms in total. The van der Waals surface area contributed by atoms with Crippen LogP contribution in [0.4, 0.5) is 8.78 Å². The van der Waals surface area contributed by atoms with E-state index in [1.165, 1.54) is 12.1 Å². The molecule has 6 heteroatoms. The maximum Gasteiger partial charge on any atom is 0.387 e. The van der Waals surface area contributed by atoms with Crippen LogP contribution >= 0.6 is 0 Å². The third-order valence-electron chi connectivity index (χ3n) is 3.71. The summed E-state index contributed by atoms with van der Waals surface area (Å²) in [5.74, 6) is -0.0825. The molecule has 0 heterocycles. The van der Waals surface area contributed by atoms with Crippen LogP contribution in [0.1, 0.15) is 38.8 Å². The smallest absolute Gasteiger partial charge is 0.387 e. The van der Waals surface area contributed by atoms with Crippen LogP contribution < -0.4 is 15.8 Å². The Labute approximate surface area is 123 Å². The second-order valence-electron chi connectivity index (χ2n) is 5.26. The monoisotopic (exact) mass is 300 g/mol. The predicted molar refractivity (Wildman–Crippen MR) is 77.1 cm³/mol. The number of nitrogens with one attached hydrogen (secondary N) is 1. The number of alkyl halides is 2. The summed E-state index contributed by atoms with van der Waals surface area (Å²) in [6, 6.07) is 5.96. The first-order valence-electron chi connectivity index (χ1n) is 6.88. The van der Waals surface area contributed by atoms with E-state index in [1.807, 2.05) is 6.92 Å². The summed E-state index contributed by atoms with van der Waals surface area (Å²) in [6.07, 6.45) is 0.622. The van der Waals surface area contributed by atoms with Crippen molar-refractivity contribution in [1.82, 2.24) is 5.32 Å². The van der Waals surface area contributed by atoms with Crippen molar-refractivity contribution in [2.45, 2.75) is 39.8 Å². The lowest BCUT2D eigenvalue weighted by atomic mass is 9.86. The molecular formula is C15H22F2N2O2. The number of amides is 1. The van der Waals surface area contributed by atoms with E-state index < -0.39 is 12.0 Å². The highest BCUT2D eigenvalue weighted by Gasteiger charge is 2.30. The third-order valence-corrected chi connectivity index (χ3v) is 3.71. The quantitative estimate of drug-likeness (QED) is 0.814. The van der Waals surface area contributed by atoms with E-state index in [-0.39, 0.29) is 24.2 Å². The predicted octanol–water partition coefficient (Wildman–Crippen LogP) is 2.84. The molecule has 1 rings (SSSR count). The van der Waals surface area contributed by atoms with Gasteiger partial charge in [0, 0.05) is 6.54 Å². The molecular weight excluding hydrogens is 278 g/mol. The average molecular weight is 300 g/mol. The van der Waals surface area contributed by atoms with E-state index in [9.17, 15) is 13.6 Å². The fourth-order valence-corrected chi connectivity index (χ4v) is 1.81. The highest BCUT2D eigenvalue weighted by atomic mass is 19.3. The van der Waals surface area contributed by atoms with Crippen LogP contribution in [-0.4, -0.2) is 19.1 Å². The van der Waals surface area contributed by atoms with Gasteiger partial charge in [-0.15, -0.1) is 0 Å². The van der Waals surface area contributed by atoms with Crippen LogP contribution in [0.15, 0.2) is 24.3 Å². The van der Waals surface area contributed by atoms with Crippen molar-refractivity contribution in [1.29, 1.82) is 0 Å². The van der Waals surface area contributed by atoms with Crippen molar-refractivity contribution in [2.24, 2.45) is 11.1 Å². The number of nitrogens with two attached hydrogens (primary N) is 1. The van der Waals surface area contributed by atoms with Crippen LogP contribution in [0, 0.1) is 5.41 Å². The number of hydrogen-bond acceptors (Lipinski definition) is 3. The lowest BCUT2D eigenvalue weighted by Crippen LogP contribution is -2.44. The Morgan fingerprint density at radius 2 is 2.14 bits per heavy atom. The normalized spacial score (nSPS) is 15.4. The second kappa shape index (κ2) is 7.36. The molecule has 21 heavy (non-hydrogen) atoms. The molecule has 1 aromatic carbocycles. The van der Waals surface area contributed by atoms with E-state index >= 15 is 0 Å². The SMILES string of the molecule is CCC(C)(CN)C(=O)NC(C)c1cccc(OC(F)F)c1. The molecule has 0 fully saturated rings. The maximum atomic E-state index is 12.2. The van der Waals surface area contributed by atoms with E-state index in [0.29, 0.717) is 12.0 Å². The van der Waals surface area contributed by atoms with Crippen molar-refractivity contribution in [3.05, 3.63) is 29.8 Å². The molecule has 2 unspecified atom stereocenters. The van der Waals surface area contributed by atoms with Crippen molar-refractivity contribution >= 4 is 5.91 Å². The fourth-order valence-electron chi connectivity index (χ4n) is 1.81. The Bertz CT molecular complexity index is 476. The Morgan fingerprint density at radius 3 is 2.67 bits per heavy atom. The molecule has 0 saturated heterocycles. The molecule has 0 aromatic heterocycles. The maximum absolute atomic E-state index is 12.2. The number of carbonyl (C=O) groups is 1. The number of halogens is 2. The topological polar surface area (TPSA) is 64.4 Å². The molecule has 118 valence electrons. The molecule has 0 saturated carbocycles. The summed E-state index contributed by atoms with van der Waals surface area (Å²) >= 11 is 0. The lowest BCUT2D eigenvalue weighted by Gasteiger charge is -2.27. The summed E-state index contributed by atoms with van der Waals surface area (Å²) < 4.78 is 28.8. The van der Waals surface area contributed by atoms with Crippen molar-refractivity contribution in [3.8, 4) is 5.75 Å². The molecule has 0 aliphatic carbocycles. The van der Waals surface area contributed by atoms with Crippen LogP contribution in [0.25, 0.3) is 0 Å². The summed E-state index contributed by atoms with van der Waals surface area (Å²) in [5.41, 5.74) is 5.71. The number of carbonyl (C=O) groups excluding carboxylic acids is 1. The first-order valence-corrected chi connectivity index (χ1v) is 6.88. The zero-order valence-corrected chi connectivity index (χ0v) is 12.5. The van der Waals surface area contributed by atoms with Crippen LogP contribution in [0.2, 0.25) is 0 Å². The molecule has 3 N–H and O–H groups in total. The van der Waals surface area contributed by atoms with Gasteiger partial charge in [0.2, 0.25) is 5.91 Å². The van der Waals surface area contributed by atoms with Gasteiger partial charge in [0.05, 0.1) is 11.5 Å². The van der Waals surface area contributed by atoms with Gasteiger partial charge < -0.3 is 15.8 Å². The minimum atomic E-state index is -2.87. The summed E-state index contributed by atoms with van der Waals surface area (Å²) in [5, 5.41) is 2.86. The van der Waals surface area contributed by atoms with Gasteiger partial charge in [0.15, 0.2) is 0 Å². The van der Waals surface area contributed by atoms with Gasteiger partial charge in [0.1, 0.15) is 5.75 Å². The highest BCUT2D eigenvalue weighted by Crippen LogP contribution is 2.24. The summed E-state index contributed by atoms with van der Waals surface area (Å²) in [4.78, 5) is 12.2. The molecule has 0 bridgehead atoms. The Kier molecular flexibility index (Phi) is 6.08. The largest absolute Gasteiger partial charge is 0.435 e. The molecule has 0 spiro atoms. The number of hydrogen-bond donors (Lipinski definition) is 2. The van der Waals surface area contributed by atoms with E-state index in [4.69, 9.17) is 5.73 Å². The van der Waals surface area contributed by atoms with E-state index in [1.54, 1.807) is 26.0 Å². The fraction of sp³-hybridized carbons (Fsp3) is 0.533. The standard InChI is InChI=1S/C15H22F2N2O2/c1-4-15(3,9-18)13(20)19-10(2)11-6-5-7-12(8-11)21-14(16)17/h5-8,10,14H,4,9,18H2,1-3H3,(H,19,20). The lowest BCUT2D eigenvalue weighted by molar-refractivity contribution is -0.130. The molecule has 0 radical (unpaired) electrons. The number of ether oxygens (including phenoxy) is 1. The number of benzene rings is 1. The Hall–Kier alpha value is -1.69. The second-order valence-corrected chi connectivity index (χ2v) is 5.26. The zero-order chi connectivity index (χ0) is 16.0. The van der Waals surface area contributed by atoms with Crippen molar-refractivity contribution in [2.75, 3.05) is 6.54 Å². The number of rotatable bonds is 7. The first-order chi connectivity index (χ1) is 9.82. The van der Waals surface area contributed by atoms with Gasteiger partial charge in [-0.2, -0.15) is 8.78 Å². The highest BCUT2D eigenvalue weighted by molar-refractivity contribution is 5.82. The van der Waals surface area contributed by atoms with Gasteiger partial charge >= 0.3 is 6.61 Å². The van der Waals surface area contributed by atoms with Crippen molar-refractivity contribution in [3.63, 3.8) is 0 Å². The van der Waals surface area contributed by atoms with Crippen LogP contribution in [0.3, 0.4) is 0 Å². The molecule has 1 amide bonds. The van der Waals surface area contributed by atoms with Gasteiger partial charge in [-0.3, -0.25) is 4.79 Å². The average Bonchev–Trinajstić information content (AvgIpc) is 2.45. The minimum Gasteiger partial charge on any atom is -0.435 e. The van der Waals surface area contributed by atoms with E-state index in [2.05, 4.69) is 10.1 Å². The molecule has 0 aliphatic rings. The van der Waals surface area contributed by atoms with Crippen LogP contribution in [-0.2, 0) is 4.79 Å². The third kappa shape index (κ3) is 4.67. The van der Waals surface area contributed by atoms with Gasteiger partial charge in [-0.1, -0.05) is 19.1 Å². The summed E-state index contributed by atoms with van der Waals surface area (Å²) in [6.45, 7) is 2.85. The van der Waals surface area contributed by atoms with Gasteiger partial charge in [-0.05, 0) is 38.0 Å².